The van der Waals surface area contributed by atoms with Gasteiger partial charge in [0.05, 0.1) is 5.69 Å². The third-order valence-corrected chi connectivity index (χ3v) is 4.33. The van der Waals surface area contributed by atoms with Crippen LogP contribution < -0.4 is 5.63 Å². The summed E-state index contributed by atoms with van der Waals surface area (Å²) in [6.45, 7) is 5.60. The molecule has 0 amide bonds. The molecule has 2 aromatic heterocycles. The lowest BCUT2D eigenvalue weighted by Gasteiger charge is -2.11. The Bertz CT molecular complexity index is 1100. The van der Waals surface area contributed by atoms with Gasteiger partial charge in [-0.3, -0.25) is 0 Å². The molecule has 4 nitrogen and oxygen atoms in total. The molecule has 23 heavy (non-hydrogen) atoms. The summed E-state index contributed by atoms with van der Waals surface area (Å²) in [7, 11) is 0. The molecule has 2 heterocycles. The minimum atomic E-state index is -0.324. The van der Waals surface area contributed by atoms with E-state index < -0.39 is 0 Å². The Morgan fingerprint density at radius 2 is 1.65 bits per heavy atom. The topological polar surface area (TPSA) is 56.2 Å². The van der Waals surface area contributed by atoms with Crippen molar-refractivity contribution >= 4 is 21.9 Å². The molecule has 0 spiro atoms. The average Bonchev–Trinajstić information content (AvgIpc) is 2.92. The number of hydrogen-bond donors (Lipinski definition) is 0. The van der Waals surface area contributed by atoms with Crippen LogP contribution in [0.3, 0.4) is 0 Å². The standard InChI is InChI=1S/C19H15NO3/c1-10-16(13-7-5-4-6-8-13)15-9-14-12(3)20-23-18(14)11(2)17(15)22-19(10)21/h4-9H,1-3H3. The Morgan fingerprint density at radius 1 is 0.913 bits per heavy atom. The molecular weight excluding hydrogens is 290 g/mol. The van der Waals surface area contributed by atoms with Crippen LogP contribution in [0.1, 0.15) is 16.8 Å². The lowest BCUT2D eigenvalue weighted by atomic mass is 9.95. The Hall–Kier alpha value is -2.88. The number of benzene rings is 2. The van der Waals surface area contributed by atoms with Gasteiger partial charge in [0.15, 0.2) is 5.58 Å². The van der Waals surface area contributed by atoms with Crippen molar-refractivity contribution < 1.29 is 8.94 Å². The molecule has 4 aromatic rings. The molecule has 0 radical (unpaired) electrons. The summed E-state index contributed by atoms with van der Waals surface area (Å²) in [4.78, 5) is 12.3. The van der Waals surface area contributed by atoms with Crippen LogP contribution in [0, 0.1) is 20.8 Å². The van der Waals surface area contributed by atoms with Gasteiger partial charge >= 0.3 is 5.63 Å². The highest BCUT2D eigenvalue weighted by Crippen LogP contribution is 2.36. The first kappa shape index (κ1) is 13.8. The van der Waals surface area contributed by atoms with Crippen molar-refractivity contribution in [3.63, 3.8) is 0 Å². The van der Waals surface area contributed by atoms with Crippen molar-refractivity contribution in [3.05, 3.63) is 63.6 Å². The van der Waals surface area contributed by atoms with Crippen LogP contribution >= 0.6 is 0 Å². The second kappa shape index (κ2) is 4.81. The molecule has 4 rings (SSSR count). The van der Waals surface area contributed by atoms with Crippen LogP contribution in [0.15, 0.2) is 50.1 Å². The molecule has 0 atom stereocenters. The third kappa shape index (κ3) is 1.91. The highest BCUT2D eigenvalue weighted by molar-refractivity contribution is 6.04. The minimum Gasteiger partial charge on any atom is -0.422 e. The van der Waals surface area contributed by atoms with Gasteiger partial charge < -0.3 is 8.94 Å². The first-order valence-electron chi connectivity index (χ1n) is 7.46. The number of fused-ring (bicyclic) bond motifs is 2. The normalized spacial score (nSPS) is 11.4. The van der Waals surface area contributed by atoms with Gasteiger partial charge in [-0.15, -0.1) is 0 Å². The molecule has 4 heteroatoms. The zero-order valence-corrected chi connectivity index (χ0v) is 13.1. The van der Waals surface area contributed by atoms with Crippen LogP contribution in [0.25, 0.3) is 33.1 Å². The van der Waals surface area contributed by atoms with Crippen molar-refractivity contribution in [2.24, 2.45) is 0 Å². The predicted molar refractivity (Wildman–Crippen MR) is 89.7 cm³/mol. The minimum absolute atomic E-state index is 0.324. The Morgan fingerprint density at radius 3 is 2.39 bits per heavy atom. The van der Waals surface area contributed by atoms with E-state index in [-0.39, 0.29) is 5.63 Å². The van der Waals surface area contributed by atoms with E-state index in [1.165, 1.54) is 0 Å². The summed E-state index contributed by atoms with van der Waals surface area (Å²) < 4.78 is 11.0. The monoisotopic (exact) mass is 305 g/mol. The van der Waals surface area contributed by atoms with Gasteiger partial charge in [0, 0.05) is 27.5 Å². The zero-order chi connectivity index (χ0) is 16.1. The molecule has 0 bridgehead atoms. The molecule has 0 aliphatic carbocycles. The zero-order valence-electron chi connectivity index (χ0n) is 13.1. The summed E-state index contributed by atoms with van der Waals surface area (Å²) in [6.07, 6.45) is 0. The summed E-state index contributed by atoms with van der Waals surface area (Å²) in [5.74, 6) is 0. The van der Waals surface area contributed by atoms with Gasteiger partial charge in [-0.1, -0.05) is 35.5 Å². The number of rotatable bonds is 1. The van der Waals surface area contributed by atoms with Crippen LogP contribution in [0.5, 0.6) is 0 Å². The third-order valence-electron chi connectivity index (χ3n) is 4.33. The van der Waals surface area contributed by atoms with Crippen molar-refractivity contribution in [1.82, 2.24) is 5.16 Å². The summed E-state index contributed by atoms with van der Waals surface area (Å²) in [6, 6.07) is 11.9. The fraction of sp³-hybridized carbons (Fsp3) is 0.158. The molecule has 0 unspecified atom stereocenters. The first-order chi connectivity index (χ1) is 11.1. The van der Waals surface area contributed by atoms with Gasteiger partial charge in [0.25, 0.3) is 0 Å². The lowest BCUT2D eigenvalue weighted by molar-refractivity contribution is 0.448. The average molecular weight is 305 g/mol. The first-order valence-corrected chi connectivity index (χ1v) is 7.46. The Kier molecular flexibility index (Phi) is 2.88. The second-order valence-electron chi connectivity index (χ2n) is 5.78. The largest absolute Gasteiger partial charge is 0.422 e. The molecule has 0 N–H and O–H groups in total. The number of aryl methyl sites for hydroxylation is 2. The number of nitrogens with zero attached hydrogens (tertiary/aromatic N) is 1. The summed E-state index contributed by atoms with van der Waals surface area (Å²) in [5.41, 5.74) is 5.04. The SMILES string of the molecule is Cc1c(-c2ccccc2)c2cc3c(C)noc3c(C)c2oc1=O. The van der Waals surface area contributed by atoms with Crippen LogP contribution in [0.2, 0.25) is 0 Å². The van der Waals surface area contributed by atoms with Crippen LogP contribution in [0.4, 0.5) is 0 Å². The van der Waals surface area contributed by atoms with E-state index in [2.05, 4.69) is 5.16 Å². The van der Waals surface area contributed by atoms with E-state index in [0.717, 1.165) is 33.2 Å². The fourth-order valence-electron chi connectivity index (χ4n) is 3.10. The van der Waals surface area contributed by atoms with E-state index in [0.29, 0.717) is 16.7 Å². The maximum Gasteiger partial charge on any atom is 0.339 e. The maximum absolute atomic E-state index is 12.3. The Labute approximate surface area is 132 Å². The molecular formula is C19H15NO3. The van der Waals surface area contributed by atoms with Crippen molar-refractivity contribution in [2.45, 2.75) is 20.8 Å². The molecule has 0 saturated heterocycles. The van der Waals surface area contributed by atoms with Crippen LogP contribution in [-0.2, 0) is 0 Å². The van der Waals surface area contributed by atoms with E-state index >= 15 is 0 Å². The smallest absolute Gasteiger partial charge is 0.339 e. The maximum atomic E-state index is 12.3. The van der Waals surface area contributed by atoms with E-state index in [4.69, 9.17) is 8.94 Å². The summed E-state index contributed by atoms with van der Waals surface area (Å²) >= 11 is 0. The van der Waals surface area contributed by atoms with E-state index in [1.807, 2.05) is 50.2 Å². The molecule has 0 saturated carbocycles. The molecule has 0 fully saturated rings. The number of aromatic nitrogens is 1. The van der Waals surface area contributed by atoms with Crippen molar-refractivity contribution in [3.8, 4) is 11.1 Å². The van der Waals surface area contributed by atoms with Gasteiger partial charge in [-0.2, -0.15) is 0 Å². The quantitative estimate of drug-likeness (QED) is 0.485. The summed E-state index contributed by atoms with van der Waals surface area (Å²) in [5, 5.41) is 5.88. The lowest BCUT2D eigenvalue weighted by Crippen LogP contribution is -2.06. The predicted octanol–water partition coefficient (Wildman–Crippen LogP) is 4.53. The van der Waals surface area contributed by atoms with Crippen LogP contribution in [-0.4, -0.2) is 5.16 Å². The van der Waals surface area contributed by atoms with Gasteiger partial charge in [-0.25, -0.2) is 4.79 Å². The Balaban J connectivity index is 2.26. The van der Waals surface area contributed by atoms with Gasteiger partial charge in [0.2, 0.25) is 0 Å². The molecule has 114 valence electrons. The van der Waals surface area contributed by atoms with E-state index in [9.17, 15) is 4.79 Å². The highest BCUT2D eigenvalue weighted by atomic mass is 16.5. The number of hydrogen-bond acceptors (Lipinski definition) is 4. The van der Waals surface area contributed by atoms with Gasteiger partial charge in [0.1, 0.15) is 5.58 Å². The van der Waals surface area contributed by atoms with Crippen molar-refractivity contribution in [1.29, 1.82) is 0 Å². The van der Waals surface area contributed by atoms with Gasteiger partial charge in [-0.05, 0) is 32.4 Å². The second-order valence-corrected chi connectivity index (χ2v) is 5.78. The molecule has 0 aliphatic heterocycles. The molecule has 0 aliphatic rings. The fourth-order valence-corrected chi connectivity index (χ4v) is 3.10. The highest BCUT2D eigenvalue weighted by Gasteiger charge is 2.19. The molecule has 2 aromatic carbocycles. The van der Waals surface area contributed by atoms with E-state index in [1.54, 1.807) is 6.92 Å². The van der Waals surface area contributed by atoms with Crippen molar-refractivity contribution in [2.75, 3.05) is 0 Å².